The Labute approximate surface area is 217 Å². The quantitative estimate of drug-likeness (QED) is 0.481. The van der Waals surface area contributed by atoms with E-state index in [1.165, 1.54) is 0 Å². The van der Waals surface area contributed by atoms with Gasteiger partial charge in [0.1, 0.15) is 0 Å². The smallest absolute Gasteiger partial charge is 0.254 e. The molecule has 1 heterocycles. The first-order valence-electron chi connectivity index (χ1n) is 12.7. The Hall–Kier alpha value is -3.15. The van der Waals surface area contributed by atoms with Gasteiger partial charge in [-0.3, -0.25) is 9.59 Å². The van der Waals surface area contributed by atoms with E-state index in [9.17, 15) is 14.7 Å². The minimum atomic E-state index is -0.553. The van der Waals surface area contributed by atoms with E-state index in [1.54, 1.807) is 0 Å². The second-order valence-electron chi connectivity index (χ2n) is 9.76. The summed E-state index contributed by atoms with van der Waals surface area (Å²) in [6, 6.07) is 24.5. The Kier molecular flexibility index (Phi) is 7.40. The molecule has 0 saturated heterocycles. The number of nitrogens with zero attached hydrogens (tertiary/aromatic N) is 1. The first kappa shape index (κ1) is 24.5. The fraction of sp³-hybridized carbons (Fsp3) is 0.333. The number of carbonyl (C=O) groups is 2. The van der Waals surface area contributed by atoms with Gasteiger partial charge in [0.15, 0.2) is 0 Å². The number of benzene rings is 3. The maximum atomic E-state index is 13.9. The molecule has 2 atom stereocenters. The molecule has 6 heteroatoms. The van der Waals surface area contributed by atoms with E-state index >= 15 is 0 Å². The standard InChI is InChI=1S/C30H31ClN2O3/c31-22-12-10-21(11-13-22)28-27(29(35)32-19-18-20-6-2-1-3-7-20)25-8-4-5-9-26(25)30(36)33(28)23-14-16-24(34)17-15-23/h1-13,23-24,27-28,34H,14-19H2,(H,32,35)/t23-,24-,27-,28+/m1/s1. The number of hydrogen-bond acceptors (Lipinski definition) is 3. The van der Waals surface area contributed by atoms with Gasteiger partial charge < -0.3 is 15.3 Å². The largest absolute Gasteiger partial charge is 0.393 e. The molecule has 186 valence electrons. The van der Waals surface area contributed by atoms with Gasteiger partial charge in [0.25, 0.3) is 5.91 Å². The molecule has 2 N–H and O–H groups in total. The molecule has 0 bridgehead atoms. The van der Waals surface area contributed by atoms with E-state index in [0.717, 1.165) is 23.1 Å². The molecule has 0 radical (unpaired) electrons. The highest BCUT2D eigenvalue weighted by atomic mass is 35.5. The predicted molar refractivity (Wildman–Crippen MR) is 141 cm³/mol. The van der Waals surface area contributed by atoms with Crippen LogP contribution in [-0.4, -0.2) is 40.5 Å². The van der Waals surface area contributed by atoms with Crippen LogP contribution in [0.4, 0.5) is 0 Å². The number of halogens is 1. The summed E-state index contributed by atoms with van der Waals surface area (Å²) in [5, 5.41) is 13.9. The monoisotopic (exact) mass is 502 g/mol. The van der Waals surface area contributed by atoms with Crippen LogP contribution >= 0.6 is 11.6 Å². The number of aliphatic hydroxyl groups excluding tert-OH is 1. The first-order chi connectivity index (χ1) is 17.5. The van der Waals surface area contributed by atoms with Crippen LogP contribution in [0.2, 0.25) is 5.02 Å². The lowest BCUT2D eigenvalue weighted by molar-refractivity contribution is -0.124. The summed E-state index contributed by atoms with van der Waals surface area (Å²) in [4.78, 5) is 29.7. The van der Waals surface area contributed by atoms with Crippen molar-refractivity contribution in [1.82, 2.24) is 10.2 Å². The van der Waals surface area contributed by atoms with Crippen molar-refractivity contribution < 1.29 is 14.7 Å². The van der Waals surface area contributed by atoms with Crippen molar-refractivity contribution in [3.63, 3.8) is 0 Å². The third kappa shape index (κ3) is 5.04. The van der Waals surface area contributed by atoms with Crippen LogP contribution in [0.5, 0.6) is 0 Å². The molecule has 5 rings (SSSR count). The molecule has 3 aromatic carbocycles. The number of carbonyl (C=O) groups excluding carboxylic acids is 2. The topological polar surface area (TPSA) is 69.6 Å². The summed E-state index contributed by atoms with van der Waals surface area (Å²) in [7, 11) is 0. The second-order valence-corrected chi connectivity index (χ2v) is 10.2. The first-order valence-corrected chi connectivity index (χ1v) is 13.1. The van der Waals surface area contributed by atoms with Gasteiger partial charge in [-0.15, -0.1) is 0 Å². The maximum Gasteiger partial charge on any atom is 0.254 e. The van der Waals surface area contributed by atoms with Crippen LogP contribution in [0.3, 0.4) is 0 Å². The van der Waals surface area contributed by atoms with Gasteiger partial charge in [0.05, 0.1) is 18.1 Å². The van der Waals surface area contributed by atoms with Gasteiger partial charge in [-0.1, -0.05) is 72.3 Å². The highest BCUT2D eigenvalue weighted by molar-refractivity contribution is 6.30. The predicted octanol–water partition coefficient (Wildman–Crippen LogP) is 5.28. The summed E-state index contributed by atoms with van der Waals surface area (Å²) in [5.41, 5.74) is 3.38. The summed E-state index contributed by atoms with van der Waals surface area (Å²) in [6.45, 7) is 0.512. The molecule has 5 nitrogen and oxygen atoms in total. The molecule has 1 aliphatic carbocycles. The Balaban J connectivity index is 1.52. The van der Waals surface area contributed by atoms with Crippen molar-refractivity contribution in [2.24, 2.45) is 0 Å². The highest BCUT2D eigenvalue weighted by Gasteiger charge is 2.46. The van der Waals surface area contributed by atoms with Crippen molar-refractivity contribution >= 4 is 23.4 Å². The maximum absolute atomic E-state index is 13.9. The van der Waals surface area contributed by atoms with Gasteiger partial charge >= 0.3 is 0 Å². The van der Waals surface area contributed by atoms with Crippen LogP contribution < -0.4 is 5.32 Å². The zero-order valence-corrected chi connectivity index (χ0v) is 20.9. The van der Waals surface area contributed by atoms with Gasteiger partial charge in [0.2, 0.25) is 5.91 Å². The van der Waals surface area contributed by atoms with Gasteiger partial charge in [-0.05, 0) is 67.0 Å². The minimum Gasteiger partial charge on any atom is -0.393 e. The van der Waals surface area contributed by atoms with E-state index in [1.807, 2.05) is 71.6 Å². The lowest BCUT2D eigenvalue weighted by Crippen LogP contribution is -2.52. The Bertz CT molecular complexity index is 1210. The lowest BCUT2D eigenvalue weighted by atomic mass is 9.77. The number of nitrogens with one attached hydrogen (secondary N) is 1. The summed E-state index contributed by atoms with van der Waals surface area (Å²) in [6.07, 6.45) is 3.12. The van der Waals surface area contributed by atoms with E-state index < -0.39 is 12.0 Å². The van der Waals surface area contributed by atoms with Gasteiger partial charge in [0, 0.05) is 23.2 Å². The van der Waals surface area contributed by atoms with Gasteiger partial charge in [-0.25, -0.2) is 0 Å². The molecule has 2 aliphatic rings. The normalized spacial score (nSPS) is 23.7. The number of hydrogen-bond donors (Lipinski definition) is 2. The Morgan fingerprint density at radius 3 is 2.31 bits per heavy atom. The zero-order valence-electron chi connectivity index (χ0n) is 20.1. The van der Waals surface area contributed by atoms with E-state index in [-0.39, 0.29) is 24.0 Å². The lowest BCUT2D eigenvalue weighted by Gasteiger charge is -2.47. The van der Waals surface area contributed by atoms with Crippen molar-refractivity contribution in [2.75, 3.05) is 6.54 Å². The van der Waals surface area contributed by atoms with Crippen LogP contribution in [0.25, 0.3) is 0 Å². The van der Waals surface area contributed by atoms with E-state index in [4.69, 9.17) is 11.6 Å². The molecule has 1 saturated carbocycles. The number of fused-ring (bicyclic) bond motifs is 1. The van der Waals surface area contributed by atoms with E-state index in [2.05, 4.69) is 17.4 Å². The average Bonchev–Trinajstić information content (AvgIpc) is 2.90. The number of rotatable bonds is 6. The molecule has 1 aliphatic heterocycles. The van der Waals surface area contributed by atoms with Crippen LogP contribution in [-0.2, 0) is 11.2 Å². The molecular weight excluding hydrogens is 472 g/mol. The molecular formula is C30H31ClN2O3. The van der Waals surface area contributed by atoms with Crippen molar-refractivity contribution in [2.45, 2.75) is 56.2 Å². The molecule has 2 amide bonds. The molecule has 1 fully saturated rings. The SMILES string of the molecule is O=C(NCCc1ccccc1)[C@@H]1c2ccccc2C(=O)N([C@H]2CC[C@H](O)CC2)[C@H]1c1ccc(Cl)cc1. The second kappa shape index (κ2) is 10.9. The van der Waals surface area contributed by atoms with E-state index in [0.29, 0.717) is 42.8 Å². The minimum absolute atomic E-state index is 0.0467. The molecule has 0 spiro atoms. The van der Waals surface area contributed by atoms with Crippen molar-refractivity contribution in [1.29, 1.82) is 0 Å². The van der Waals surface area contributed by atoms with Crippen molar-refractivity contribution in [3.8, 4) is 0 Å². The fourth-order valence-corrected chi connectivity index (χ4v) is 5.80. The number of aliphatic hydroxyl groups is 1. The third-order valence-electron chi connectivity index (χ3n) is 7.49. The number of amides is 2. The summed E-state index contributed by atoms with van der Waals surface area (Å²) < 4.78 is 0. The zero-order chi connectivity index (χ0) is 25.1. The van der Waals surface area contributed by atoms with Crippen LogP contribution in [0, 0.1) is 0 Å². The molecule has 3 aromatic rings. The molecule has 0 unspecified atom stereocenters. The summed E-state index contributed by atoms with van der Waals surface area (Å²) in [5.74, 6) is -0.699. The van der Waals surface area contributed by atoms with Gasteiger partial charge in [-0.2, -0.15) is 0 Å². The Morgan fingerprint density at radius 2 is 1.58 bits per heavy atom. The van der Waals surface area contributed by atoms with Crippen LogP contribution in [0.15, 0.2) is 78.9 Å². The third-order valence-corrected chi connectivity index (χ3v) is 7.74. The Morgan fingerprint density at radius 1 is 0.917 bits per heavy atom. The highest BCUT2D eigenvalue weighted by Crippen LogP contribution is 2.46. The molecule has 0 aromatic heterocycles. The van der Waals surface area contributed by atoms with Crippen molar-refractivity contribution in [3.05, 3.63) is 106 Å². The fourth-order valence-electron chi connectivity index (χ4n) is 5.67. The summed E-state index contributed by atoms with van der Waals surface area (Å²) >= 11 is 6.20. The molecule has 36 heavy (non-hydrogen) atoms. The van der Waals surface area contributed by atoms with Crippen LogP contribution in [0.1, 0.15) is 64.7 Å². The average molecular weight is 503 g/mol.